The molecule has 1 aromatic heterocycles. The van der Waals surface area contributed by atoms with E-state index in [0.29, 0.717) is 11.0 Å². The molecule has 108 valence electrons. The van der Waals surface area contributed by atoms with Gasteiger partial charge in [-0.05, 0) is 61.7 Å². The van der Waals surface area contributed by atoms with Crippen molar-refractivity contribution in [3.63, 3.8) is 0 Å². The number of H-pyrrole nitrogens is 1. The fourth-order valence-corrected chi connectivity index (χ4v) is 5.56. The average molecular weight is 273 g/mol. The van der Waals surface area contributed by atoms with Crippen LogP contribution in [0.3, 0.4) is 0 Å². The smallest absolute Gasteiger partial charge is 0.255 e. The zero-order valence-electron chi connectivity index (χ0n) is 11.9. The van der Waals surface area contributed by atoms with Gasteiger partial charge in [0, 0.05) is 24.7 Å². The maximum absolute atomic E-state index is 11.9. The lowest BCUT2D eigenvalue weighted by molar-refractivity contribution is -0.0532. The van der Waals surface area contributed by atoms with Crippen molar-refractivity contribution in [1.29, 1.82) is 0 Å². The molecule has 5 rings (SSSR count). The highest BCUT2D eigenvalue weighted by Gasteiger charge is 2.50. The average Bonchev–Trinajstić information content (AvgIpc) is 2.36. The van der Waals surface area contributed by atoms with Crippen LogP contribution in [0.2, 0.25) is 0 Å². The summed E-state index contributed by atoms with van der Waals surface area (Å²) >= 11 is 0. The third-order valence-corrected chi connectivity index (χ3v) is 5.85. The van der Waals surface area contributed by atoms with Crippen LogP contribution in [-0.4, -0.2) is 9.97 Å². The van der Waals surface area contributed by atoms with Crippen LogP contribution in [0, 0.1) is 23.2 Å². The molecule has 4 aliphatic rings. The quantitative estimate of drug-likeness (QED) is 0.884. The van der Waals surface area contributed by atoms with E-state index in [0.717, 1.165) is 30.0 Å². The number of rotatable bonds is 3. The Labute approximate surface area is 119 Å². The van der Waals surface area contributed by atoms with Crippen molar-refractivity contribution >= 4 is 0 Å². The van der Waals surface area contributed by atoms with E-state index in [-0.39, 0.29) is 12.1 Å². The van der Waals surface area contributed by atoms with Gasteiger partial charge in [-0.3, -0.25) is 4.79 Å². The molecule has 4 fully saturated rings. The Bertz CT molecular complexity index is 542. The van der Waals surface area contributed by atoms with E-state index in [1.54, 1.807) is 6.20 Å². The number of nitrogens with zero attached hydrogens (tertiary/aromatic N) is 1. The first kappa shape index (κ1) is 12.6. The molecule has 0 unspecified atom stereocenters. The van der Waals surface area contributed by atoms with Gasteiger partial charge in [0.15, 0.2) is 0 Å². The summed E-state index contributed by atoms with van der Waals surface area (Å²) in [7, 11) is 0. The van der Waals surface area contributed by atoms with E-state index in [4.69, 9.17) is 5.73 Å². The van der Waals surface area contributed by atoms with Crippen LogP contribution >= 0.6 is 0 Å². The number of nitrogens with one attached hydrogen (secondary N) is 1. The van der Waals surface area contributed by atoms with Crippen LogP contribution in [0.1, 0.15) is 49.9 Å². The molecule has 1 aromatic rings. The number of nitrogens with two attached hydrogens (primary N) is 1. The number of hydrogen-bond acceptors (Lipinski definition) is 3. The van der Waals surface area contributed by atoms with Crippen molar-refractivity contribution < 1.29 is 0 Å². The second-order valence-electron chi connectivity index (χ2n) is 7.48. The molecule has 0 atom stereocenters. The first-order chi connectivity index (χ1) is 9.66. The topological polar surface area (TPSA) is 71.8 Å². The first-order valence-electron chi connectivity index (χ1n) is 7.93. The summed E-state index contributed by atoms with van der Waals surface area (Å²) in [6, 6.07) is 0. The Morgan fingerprint density at radius 2 is 1.80 bits per heavy atom. The van der Waals surface area contributed by atoms with Gasteiger partial charge in [-0.1, -0.05) is 0 Å². The summed E-state index contributed by atoms with van der Waals surface area (Å²) in [5.74, 6) is 3.69. The third kappa shape index (κ3) is 2.01. The number of hydrogen-bond donors (Lipinski definition) is 2. The molecule has 1 heterocycles. The predicted octanol–water partition coefficient (Wildman–Crippen LogP) is 1.99. The van der Waals surface area contributed by atoms with Crippen molar-refractivity contribution in [2.75, 3.05) is 0 Å². The van der Waals surface area contributed by atoms with Gasteiger partial charge in [-0.25, -0.2) is 4.98 Å². The van der Waals surface area contributed by atoms with Crippen LogP contribution in [0.4, 0.5) is 0 Å². The fourth-order valence-electron chi connectivity index (χ4n) is 5.56. The summed E-state index contributed by atoms with van der Waals surface area (Å²) < 4.78 is 0. The summed E-state index contributed by atoms with van der Waals surface area (Å²) in [6.45, 7) is 0.264. The lowest BCUT2D eigenvalue weighted by Gasteiger charge is -2.56. The van der Waals surface area contributed by atoms with E-state index in [1.807, 2.05) is 0 Å². The van der Waals surface area contributed by atoms with Crippen LogP contribution in [0.15, 0.2) is 11.0 Å². The van der Waals surface area contributed by atoms with Gasteiger partial charge in [0.2, 0.25) is 0 Å². The zero-order chi connectivity index (χ0) is 13.7. The Balaban J connectivity index is 1.59. The van der Waals surface area contributed by atoms with E-state index in [1.165, 1.54) is 38.5 Å². The highest BCUT2D eigenvalue weighted by molar-refractivity contribution is 5.09. The van der Waals surface area contributed by atoms with Crippen molar-refractivity contribution in [3.8, 4) is 0 Å². The van der Waals surface area contributed by atoms with E-state index in [9.17, 15) is 4.79 Å². The molecule has 4 nitrogen and oxygen atoms in total. The monoisotopic (exact) mass is 273 g/mol. The molecule has 0 spiro atoms. The second kappa shape index (κ2) is 4.42. The minimum atomic E-state index is -0.0535. The maximum Gasteiger partial charge on any atom is 0.255 e. The minimum Gasteiger partial charge on any atom is -0.326 e. The molecule has 4 heteroatoms. The second-order valence-corrected chi connectivity index (χ2v) is 7.48. The van der Waals surface area contributed by atoms with Crippen molar-refractivity contribution in [2.24, 2.45) is 28.9 Å². The highest BCUT2D eigenvalue weighted by atomic mass is 16.1. The van der Waals surface area contributed by atoms with Crippen LogP contribution < -0.4 is 11.3 Å². The molecule has 4 aliphatic carbocycles. The highest BCUT2D eigenvalue weighted by Crippen LogP contribution is 2.60. The molecule has 20 heavy (non-hydrogen) atoms. The largest absolute Gasteiger partial charge is 0.326 e. The maximum atomic E-state index is 11.9. The van der Waals surface area contributed by atoms with Gasteiger partial charge >= 0.3 is 0 Å². The molecule has 4 saturated carbocycles. The van der Waals surface area contributed by atoms with Crippen molar-refractivity contribution in [1.82, 2.24) is 9.97 Å². The van der Waals surface area contributed by atoms with E-state index in [2.05, 4.69) is 9.97 Å². The third-order valence-electron chi connectivity index (χ3n) is 5.85. The summed E-state index contributed by atoms with van der Waals surface area (Å²) in [6.07, 6.45) is 11.0. The molecule has 0 amide bonds. The molecular weight excluding hydrogens is 250 g/mol. The summed E-state index contributed by atoms with van der Waals surface area (Å²) in [5.41, 5.74) is 6.48. The molecule has 0 aliphatic heterocycles. The van der Waals surface area contributed by atoms with Gasteiger partial charge in [-0.2, -0.15) is 0 Å². The molecule has 0 aromatic carbocycles. The van der Waals surface area contributed by atoms with Crippen LogP contribution in [0.5, 0.6) is 0 Å². The lowest BCUT2D eigenvalue weighted by Crippen LogP contribution is -2.47. The van der Waals surface area contributed by atoms with Gasteiger partial charge in [0.1, 0.15) is 5.82 Å². The fraction of sp³-hybridized carbons (Fsp3) is 0.750. The summed E-state index contributed by atoms with van der Waals surface area (Å²) in [5, 5.41) is 0. The molecular formula is C16H23N3O. The van der Waals surface area contributed by atoms with Crippen LogP contribution in [-0.2, 0) is 13.0 Å². The molecule has 3 N–H and O–H groups in total. The minimum absolute atomic E-state index is 0.0535. The Kier molecular flexibility index (Phi) is 2.78. The van der Waals surface area contributed by atoms with Gasteiger partial charge in [0.05, 0.1) is 0 Å². The summed E-state index contributed by atoms with van der Waals surface area (Å²) in [4.78, 5) is 19.3. The predicted molar refractivity (Wildman–Crippen MR) is 77.1 cm³/mol. The normalized spacial score (nSPS) is 38.4. The lowest BCUT2D eigenvalue weighted by atomic mass is 9.49. The van der Waals surface area contributed by atoms with Gasteiger partial charge in [-0.15, -0.1) is 0 Å². The van der Waals surface area contributed by atoms with E-state index >= 15 is 0 Å². The number of aromatic nitrogens is 2. The molecule has 4 bridgehead atoms. The van der Waals surface area contributed by atoms with Crippen molar-refractivity contribution in [2.45, 2.75) is 51.5 Å². The van der Waals surface area contributed by atoms with E-state index < -0.39 is 0 Å². The Hall–Kier alpha value is -1.16. The van der Waals surface area contributed by atoms with Gasteiger partial charge in [0.25, 0.3) is 5.56 Å². The first-order valence-corrected chi connectivity index (χ1v) is 7.93. The van der Waals surface area contributed by atoms with Crippen LogP contribution in [0.25, 0.3) is 0 Å². The number of aromatic amines is 1. The van der Waals surface area contributed by atoms with Gasteiger partial charge < -0.3 is 10.7 Å². The van der Waals surface area contributed by atoms with Crippen molar-refractivity contribution in [3.05, 3.63) is 27.9 Å². The Morgan fingerprint density at radius 3 is 2.30 bits per heavy atom. The molecule has 0 radical (unpaired) electrons. The standard InChI is InChI=1S/C16H23N3O/c17-8-13-9-18-14(19-15(13)20)7-16-4-10-1-11(5-16)3-12(2-10)6-16/h9-12H,1-8,17H2,(H,18,19,20). The molecule has 0 saturated heterocycles. The zero-order valence-corrected chi connectivity index (χ0v) is 11.9. The SMILES string of the molecule is NCc1cnc(CC23CC4CC(CC(C4)C2)C3)[nH]c1=O. The Morgan fingerprint density at radius 1 is 1.20 bits per heavy atom.